The number of aromatic nitrogens is 8. The molecule has 0 atom stereocenters. The lowest BCUT2D eigenvalue weighted by Crippen LogP contribution is -2.30. The summed E-state index contributed by atoms with van der Waals surface area (Å²) in [5, 5.41) is 14.8. The molecule has 8 aromatic heterocycles. The highest BCUT2D eigenvalue weighted by Crippen LogP contribution is 2.29. The second kappa shape index (κ2) is 50.6. The summed E-state index contributed by atoms with van der Waals surface area (Å²) in [7, 11) is 0. The molecule has 8 aromatic rings. The van der Waals surface area contributed by atoms with E-state index in [2.05, 4.69) is 161 Å². The zero-order valence-corrected chi connectivity index (χ0v) is 66.6. The van der Waals surface area contributed by atoms with Crippen molar-refractivity contribution >= 4 is 61.7 Å². The first kappa shape index (κ1) is 86.7. The Bertz CT molecular complexity index is 3710. The second-order valence-electron chi connectivity index (χ2n) is 28.5. The zero-order chi connectivity index (χ0) is 74.4. The number of nitrogens with zero attached hydrogens (tertiary/aromatic N) is 10. The molecular formula is C90H134N10O2. The maximum atomic E-state index is 11.1. The molecule has 0 radical (unpaired) electrons. The van der Waals surface area contributed by atoms with Crippen LogP contribution in [0, 0.1) is 59.9 Å². The van der Waals surface area contributed by atoms with Crippen molar-refractivity contribution in [3.8, 4) is 0 Å². The monoisotopic (exact) mass is 1390 g/mol. The van der Waals surface area contributed by atoms with E-state index in [1.807, 2.05) is 45.9 Å². The van der Waals surface area contributed by atoms with Gasteiger partial charge in [0, 0.05) is 95.3 Å². The Morgan fingerprint density at radius 3 is 1.19 bits per heavy atom. The van der Waals surface area contributed by atoms with E-state index < -0.39 is 0 Å². The molecule has 12 heteroatoms. The molecule has 0 amide bonds. The highest BCUT2D eigenvalue weighted by molar-refractivity contribution is 5.83. The summed E-state index contributed by atoms with van der Waals surface area (Å²) in [6.07, 6.45) is 58.6. The number of ketones is 1. The molecule has 15 rings (SSSR count). The van der Waals surface area contributed by atoms with E-state index in [-0.39, 0.29) is 5.78 Å². The molecule has 7 aliphatic rings. The number of hydrogen-bond donors (Lipinski definition) is 0. The van der Waals surface area contributed by atoms with E-state index in [4.69, 9.17) is 13.1 Å². The third kappa shape index (κ3) is 30.7. The van der Waals surface area contributed by atoms with Gasteiger partial charge in [0.15, 0.2) is 6.20 Å². The van der Waals surface area contributed by atoms with Gasteiger partial charge in [0.2, 0.25) is 11.3 Å². The van der Waals surface area contributed by atoms with Gasteiger partial charge >= 0.3 is 0 Å². The summed E-state index contributed by atoms with van der Waals surface area (Å²) in [6, 6.07) is 19.7. The van der Waals surface area contributed by atoms with Crippen LogP contribution in [0.15, 0.2) is 91.4 Å². The van der Waals surface area contributed by atoms with Crippen LogP contribution in [0.4, 0.5) is 11.6 Å². The molecule has 0 bridgehead atoms. The molecule has 0 aromatic carbocycles. The van der Waals surface area contributed by atoms with Crippen molar-refractivity contribution in [2.24, 2.45) is 0 Å². The van der Waals surface area contributed by atoms with Gasteiger partial charge in [0.25, 0.3) is 11.6 Å². The van der Waals surface area contributed by atoms with E-state index in [0.29, 0.717) is 18.1 Å². The summed E-state index contributed by atoms with van der Waals surface area (Å²) in [5.41, 5.74) is 17.2. The minimum Gasteiger partial charge on any atom is -0.618 e. The number of rotatable bonds is 4. The Morgan fingerprint density at radius 1 is 0.451 bits per heavy atom. The fourth-order valence-electron chi connectivity index (χ4n) is 13.5. The van der Waals surface area contributed by atoms with E-state index in [0.717, 1.165) is 87.9 Å². The molecule has 7 aliphatic carbocycles. The zero-order valence-electron chi connectivity index (χ0n) is 66.6. The summed E-state index contributed by atoms with van der Waals surface area (Å²) in [4.78, 5) is 34.1. The summed E-state index contributed by atoms with van der Waals surface area (Å²) in [6.45, 7) is 47.3. The van der Waals surface area contributed by atoms with E-state index in [1.54, 1.807) is 31.3 Å². The predicted molar refractivity (Wildman–Crippen MR) is 437 cm³/mol. The lowest BCUT2D eigenvalue weighted by molar-refractivity contribution is -0.613. The minimum atomic E-state index is 0.255. The summed E-state index contributed by atoms with van der Waals surface area (Å²) in [5.74, 6) is 1.21. The molecule has 8 heterocycles. The Morgan fingerprint density at radius 2 is 0.804 bits per heavy atom. The van der Waals surface area contributed by atoms with Crippen LogP contribution in [0.1, 0.15) is 324 Å². The number of hydrogen-bond acceptors (Lipinski definition) is 6. The van der Waals surface area contributed by atoms with Crippen molar-refractivity contribution in [3.63, 3.8) is 0 Å². The lowest BCUT2D eigenvalue weighted by Gasteiger charge is -2.05. The normalized spacial score (nSPS) is 15.1. The van der Waals surface area contributed by atoms with E-state index in [1.165, 1.54) is 249 Å². The molecule has 0 spiro atoms. The van der Waals surface area contributed by atoms with Crippen LogP contribution in [0.2, 0.25) is 0 Å². The molecule has 5 saturated carbocycles. The van der Waals surface area contributed by atoms with Gasteiger partial charge in [-0.3, -0.25) is 0 Å². The van der Waals surface area contributed by atoms with Gasteiger partial charge in [-0.2, -0.15) is 4.73 Å². The molecule has 0 saturated heterocycles. The first-order chi connectivity index (χ1) is 49.4. The Balaban J connectivity index is 0.000000241. The maximum Gasteiger partial charge on any atom is 0.271 e. The van der Waals surface area contributed by atoms with Crippen molar-refractivity contribution in [2.75, 3.05) is 0 Å². The Labute approximate surface area is 619 Å². The highest BCUT2D eigenvalue weighted by atomic mass is 16.5. The van der Waals surface area contributed by atoms with Crippen LogP contribution in [0.25, 0.3) is 53.9 Å². The average Bonchev–Trinajstić information content (AvgIpc) is 1.66. The van der Waals surface area contributed by atoms with Crippen molar-refractivity contribution in [3.05, 3.63) is 176 Å². The van der Waals surface area contributed by atoms with E-state index >= 15 is 0 Å². The van der Waals surface area contributed by atoms with E-state index in [9.17, 15) is 10.0 Å². The molecule has 5 fully saturated rings. The molecule has 0 unspecified atom stereocenters. The number of Topliss-reactive ketones (excluding diaryl/α,β-unsaturated/α-hetero) is 1. The number of aryl methyl sites for hydroxylation is 8. The lowest BCUT2D eigenvalue weighted by atomic mass is 10.0. The van der Waals surface area contributed by atoms with Crippen LogP contribution in [-0.2, 0) is 37.3 Å². The smallest absolute Gasteiger partial charge is 0.271 e. The molecule has 556 valence electrons. The van der Waals surface area contributed by atoms with Crippen LogP contribution < -0.4 is 4.73 Å². The van der Waals surface area contributed by atoms with Crippen LogP contribution >= 0.6 is 0 Å². The number of carbonyl (C=O) groups is 1. The highest BCUT2D eigenvalue weighted by Gasteiger charge is 2.18. The van der Waals surface area contributed by atoms with Crippen molar-refractivity contribution in [2.45, 2.75) is 342 Å². The third-order valence-electron chi connectivity index (χ3n) is 19.9. The van der Waals surface area contributed by atoms with Gasteiger partial charge in [-0.15, -0.1) is 9.97 Å². The molecule has 0 aliphatic heterocycles. The van der Waals surface area contributed by atoms with Crippen molar-refractivity contribution in [1.29, 1.82) is 0 Å². The van der Waals surface area contributed by atoms with Gasteiger partial charge in [0.05, 0.1) is 6.42 Å². The standard InChI is InChI=1S/C12H16N2.C11H11N3.C11H14N2.C10H8N2.C9H9NO.5C6H12.C4H8O.C3H8/c1-5-14-10(4)9(3)11-7-6-8(2)13-12(11)14;1-4-14-7-8(2)9-5-6-10(12-3)13-11(9)14;1-4-13-7-8(2)10-6-5-9(3)12-11(10)13;1-7-3-5-9-8(7)4-6-10(11-2)12-9;1-7-4-5-9-8(7)3-2-6-10(9)11;5*1-2-4-6-5-3-1;1-3-4(2)5;1-3-2/h6-7H,5H2,1-4H3;5-7H,4H2,1-2H3;5-7H,4H2,1-3H3;3-4,6H,5H2,1H3;2-4,6H,5H2,1H3;5*1-6H2;3H2,1-2H3;3H2,1-2H3. The number of pyridine rings is 5. The quantitative estimate of drug-likeness (QED) is 0.0984. The minimum absolute atomic E-state index is 0.255. The van der Waals surface area contributed by atoms with Gasteiger partial charge < -0.3 is 33.4 Å². The summed E-state index contributed by atoms with van der Waals surface area (Å²) >= 11 is 0. The number of carbonyl (C=O) groups excluding carboxylic acids is 1. The molecule has 0 N–H and O–H groups in total. The first-order valence-corrected chi connectivity index (χ1v) is 40.0. The fraction of sp³-hybridized carbons (Fsp3) is 0.578. The van der Waals surface area contributed by atoms with Crippen LogP contribution in [0.3, 0.4) is 0 Å². The SMILES string of the molecule is C1CCCCC1.C1CCCCC1.C1CCCCC1.C1CCCCC1.C1CCCCC1.CC1=CCc2c1ccc[n+]2[O-].CCC.CCC(C)=O.CCn1c(C)c(C)c2ccc(C)nc21.CCn1cc(C)c2ccc(C)nc21.[C-]#[N+]c1ccc2c(C)cn(CC)c2n1.[C-]#[N+]c1ccc2c(n1)CC=C2C. The first-order valence-electron chi connectivity index (χ1n) is 40.0. The average molecular weight is 1390 g/mol. The van der Waals surface area contributed by atoms with Gasteiger partial charge in [-0.25, -0.2) is 9.97 Å². The van der Waals surface area contributed by atoms with Gasteiger partial charge in [-0.1, -0.05) is 257 Å². The maximum absolute atomic E-state index is 11.1. The van der Waals surface area contributed by atoms with Crippen molar-refractivity contribution in [1.82, 2.24) is 33.6 Å². The third-order valence-corrected chi connectivity index (χ3v) is 19.9. The van der Waals surface area contributed by atoms with Gasteiger partial charge in [-0.05, 0) is 153 Å². The van der Waals surface area contributed by atoms with Gasteiger partial charge in [0.1, 0.15) is 22.8 Å². The van der Waals surface area contributed by atoms with Crippen LogP contribution in [-0.4, -0.2) is 39.4 Å². The molecule has 12 nitrogen and oxygen atoms in total. The van der Waals surface area contributed by atoms with Crippen molar-refractivity contribution < 1.29 is 9.52 Å². The van der Waals surface area contributed by atoms with Crippen LogP contribution in [0.5, 0.6) is 0 Å². The number of allylic oxidation sites excluding steroid dienone is 4. The predicted octanol–water partition coefficient (Wildman–Crippen LogP) is 26.5. The number of fused-ring (bicyclic) bond motifs is 5. The topological polar surface area (TPSA) is 119 Å². The molecular weight excluding hydrogens is 1250 g/mol. The fourth-order valence-corrected chi connectivity index (χ4v) is 13.5. The Hall–Kier alpha value is -7.70. The second-order valence-corrected chi connectivity index (χ2v) is 28.5. The molecule has 102 heavy (non-hydrogen) atoms. The summed E-state index contributed by atoms with van der Waals surface area (Å²) < 4.78 is 7.48. The largest absolute Gasteiger partial charge is 0.618 e. The Kier molecular flexibility index (Phi) is 43.0.